The molecule has 132 valence electrons. The number of nitrogens with zero attached hydrogens (tertiary/aromatic N) is 3. The average Bonchev–Trinajstić information content (AvgIpc) is 2.93. The Balaban J connectivity index is 1.62. The van der Waals surface area contributed by atoms with E-state index in [4.69, 9.17) is 19.4 Å². The second kappa shape index (κ2) is 7.86. The lowest BCUT2D eigenvalue weighted by atomic mass is 10.1. The number of hydrogen-bond donors (Lipinski definition) is 2. The van der Waals surface area contributed by atoms with Gasteiger partial charge in [0.05, 0.1) is 31.6 Å². The summed E-state index contributed by atoms with van der Waals surface area (Å²) in [6, 6.07) is 3.89. The van der Waals surface area contributed by atoms with Crippen LogP contribution in [0, 0.1) is 0 Å². The summed E-state index contributed by atoms with van der Waals surface area (Å²) in [5, 5.41) is 6.92. The van der Waals surface area contributed by atoms with Gasteiger partial charge < -0.3 is 20.1 Å². The van der Waals surface area contributed by atoms with Crippen LogP contribution in [0.5, 0.6) is 0 Å². The third-order valence-electron chi connectivity index (χ3n) is 4.50. The van der Waals surface area contributed by atoms with Crippen LogP contribution >= 0.6 is 0 Å². The zero-order valence-corrected chi connectivity index (χ0v) is 14.2. The van der Waals surface area contributed by atoms with Gasteiger partial charge in [0.2, 0.25) is 0 Å². The SMILES string of the molecule is c1cc(-c2nc3c(c(NC[C@@H]4COCCO4)n2)CCNCC3)ccn1. The molecule has 7 heteroatoms. The molecule has 2 N–H and O–H groups in total. The molecule has 0 amide bonds. The number of rotatable bonds is 4. The maximum atomic E-state index is 5.73. The predicted molar refractivity (Wildman–Crippen MR) is 94.6 cm³/mol. The van der Waals surface area contributed by atoms with Crippen molar-refractivity contribution in [2.75, 3.05) is 44.8 Å². The Morgan fingerprint density at radius 1 is 1.12 bits per heavy atom. The Bertz CT molecular complexity index is 704. The van der Waals surface area contributed by atoms with Crippen molar-refractivity contribution in [2.45, 2.75) is 18.9 Å². The Labute approximate surface area is 147 Å². The fourth-order valence-electron chi connectivity index (χ4n) is 3.19. The molecule has 7 nitrogen and oxygen atoms in total. The van der Waals surface area contributed by atoms with Crippen LogP contribution in [0.2, 0.25) is 0 Å². The van der Waals surface area contributed by atoms with Gasteiger partial charge in [-0.25, -0.2) is 9.97 Å². The van der Waals surface area contributed by atoms with E-state index in [1.165, 1.54) is 5.56 Å². The first kappa shape index (κ1) is 16.4. The highest BCUT2D eigenvalue weighted by atomic mass is 16.6. The molecule has 0 aliphatic carbocycles. The largest absolute Gasteiger partial charge is 0.376 e. The first-order valence-electron chi connectivity index (χ1n) is 8.84. The Kier molecular flexibility index (Phi) is 5.15. The number of pyridine rings is 1. The molecule has 4 heterocycles. The maximum absolute atomic E-state index is 5.73. The van der Waals surface area contributed by atoms with Gasteiger partial charge in [0, 0.05) is 43.0 Å². The normalized spacial score (nSPS) is 20.6. The Morgan fingerprint density at radius 3 is 2.84 bits per heavy atom. The van der Waals surface area contributed by atoms with Gasteiger partial charge in [0.1, 0.15) is 5.82 Å². The number of nitrogens with one attached hydrogen (secondary N) is 2. The van der Waals surface area contributed by atoms with Gasteiger partial charge in [-0.05, 0) is 25.1 Å². The molecule has 2 aromatic heterocycles. The third-order valence-corrected chi connectivity index (χ3v) is 4.50. The van der Waals surface area contributed by atoms with Crippen molar-refractivity contribution in [3.05, 3.63) is 35.8 Å². The second-order valence-corrected chi connectivity index (χ2v) is 6.26. The highest BCUT2D eigenvalue weighted by molar-refractivity contribution is 5.59. The van der Waals surface area contributed by atoms with E-state index in [1.54, 1.807) is 12.4 Å². The quantitative estimate of drug-likeness (QED) is 0.860. The van der Waals surface area contributed by atoms with Crippen molar-refractivity contribution in [1.29, 1.82) is 0 Å². The van der Waals surface area contributed by atoms with Gasteiger partial charge in [-0.3, -0.25) is 4.98 Å². The maximum Gasteiger partial charge on any atom is 0.161 e. The minimum absolute atomic E-state index is 0.0626. The van der Waals surface area contributed by atoms with Crippen molar-refractivity contribution < 1.29 is 9.47 Å². The fourth-order valence-corrected chi connectivity index (χ4v) is 3.19. The molecule has 0 spiro atoms. The Morgan fingerprint density at radius 2 is 2.00 bits per heavy atom. The van der Waals surface area contributed by atoms with E-state index in [0.717, 1.165) is 48.8 Å². The first-order valence-corrected chi connectivity index (χ1v) is 8.84. The van der Waals surface area contributed by atoms with Gasteiger partial charge in [0.15, 0.2) is 5.82 Å². The average molecular weight is 341 g/mol. The summed E-state index contributed by atoms with van der Waals surface area (Å²) >= 11 is 0. The van der Waals surface area contributed by atoms with Crippen LogP contribution in [-0.4, -0.2) is 60.5 Å². The van der Waals surface area contributed by atoms with Crippen molar-refractivity contribution in [3.63, 3.8) is 0 Å². The van der Waals surface area contributed by atoms with Gasteiger partial charge in [-0.1, -0.05) is 0 Å². The summed E-state index contributed by atoms with van der Waals surface area (Å²) in [4.78, 5) is 13.7. The zero-order valence-electron chi connectivity index (χ0n) is 14.2. The number of fused-ring (bicyclic) bond motifs is 1. The predicted octanol–water partition coefficient (Wildman–Crippen LogP) is 1.05. The molecule has 0 saturated carbocycles. The summed E-state index contributed by atoms with van der Waals surface area (Å²) in [6.07, 6.45) is 5.44. The van der Waals surface area contributed by atoms with E-state index >= 15 is 0 Å². The van der Waals surface area contributed by atoms with Crippen molar-refractivity contribution >= 4 is 5.82 Å². The lowest BCUT2D eigenvalue weighted by Crippen LogP contribution is -2.34. The lowest BCUT2D eigenvalue weighted by molar-refractivity contribution is -0.0819. The van der Waals surface area contributed by atoms with Crippen LogP contribution in [0.4, 0.5) is 5.82 Å². The highest BCUT2D eigenvalue weighted by Crippen LogP contribution is 2.24. The van der Waals surface area contributed by atoms with Crippen LogP contribution in [0.25, 0.3) is 11.4 Å². The molecule has 1 atom stereocenters. The number of aromatic nitrogens is 3. The van der Waals surface area contributed by atoms with Gasteiger partial charge >= 0.3 is 0 Å². The minimum Gasteiger partial charge on any atom is -0.376 e. The molecule has 0 radical (unpaired) electrons. The molecule has 0 bridgehead atoms. The fraction of sp³-hybridized carbons (Fsp3) is 0.500. The van der Waals surface area contributed by atoms with Gasteiger partial charge in [-0.2, -0.15) is 0 Å². The number of anilines is 1. The first-order chi connectivity index (χ1) is 12.4. The Hall–Kier alpha value is -2.09. The van der Waals surface area contributed by atoms with Crippen LogP contribution in [-0.2, 0) is 22.3 Å². The van der Waals surface area contributed by atoms with E-state index < -0.39 is 0 Å². The summed E-state index contributed by atoms with van der Waals surface area (Å²) in [5.41, 5.74) is 3.31. The smallest absolute Gasteiger partial charge is 0.161 e. The van der Waals surface area contributed by atoms with Crippen LogP contribution in [0.1, 0.15) is 11.3 Å². The summed E-state index contributed by atoms with van der Waals surface area (Å²) in [7, 11) is 0. The molecular formula is C18H23N5O2. The van der Waals surface area contributed by atoms with Crippen molar-refractivity contribution in [3.8, 4) is 11.4 Å². The molecule has 1 saturated heterocycles. The number of ether oxygens (including phenoxy) is 2. The van der Waals surface area contributed by atoms with E-state index in [1.807, 2.05) is 12.1 Å². The molecule has 2 aliphatic heterocycles. The topological polar surface area (TPSA) is 81.2 Å². The minimum atomic E-state index is 0.0626. The van der Waals surface area contributed by atoms with Crippen LogP contribution in [0.3, 0.4) is 0 Å². The monoisotopic (exact) mass is 341 g/mol. The van der Waals surface area contributed by atoms with E-state index in [2.05, 4.69) is 15.6 Å². The van der Waals surface area contributed by atoms with Crippen LogP contribution in [0.15, 0.2) is 24.5 Å². The summed E-state index contributed by atoms with van der Waals surface area (Å²) in [6.45, 7) is 4.53. The van der Waals surface area contributed by atoms with E-state index in [0.29, 0.717) is 26.4 Å². The second-order valence-electron chi connectivity index (χ2n) is 6.26. The standard InChI is InChI=1S/C18H23N5O2/c1-5-19-6-2-13(1)17-22-16-4-8-20-7-3-15(16)18(23-17)21-11-14-12-24-9-10-25-14/h1-2,5-6,14,20H,3-4,7-12H2,(H,21,22,23)/t14-/m1/s1. The van der Waals surface area contributed by atoms with Gasteiger partial charge in [0.25, 0.3) is 0 Å². The van der Waals surface area contributed by atoms with E-state index in [9.17, 15) is 0 Å². The molecule has 1 fully saturated rings. The van der Waals surface area contributed by atoms with Gasteiger partial charge in [-0.15, -0.1) is 0 Å². The molecule has 0 unspecified atom stereocenters. The lowest BCUT2D eigenvalue weighted by Gasteiger charge is -2.24. The molecule has 2 aliphatic rings. The third kappa shape index (κ3) is 3.95. The summed E-state index contributed by atoms with van der Waals surface area (Å²) < 4.78 is 11.2. The van der Waals surface area contributed by atoms with Crippen molar-refractivity contribution in [2.24, 2.45) is 0 Å². The summed E-state index contributed by atoms with van der Waals surface area (Å²) in [5.74, 6) is 1.65. The van der Waals surface area contributed by atoms with Crippen molar-refractivity contribution in [1.82, 2.24) is 20.3 Å². The molecule has 0 aromatic carbocycles. The highest BCUT2D eigenvalue weighted by Gasteiger charge is 2.19. The van der Waals surface area contributed by atoms with Crippen LogP contribution < -0.4 is 10.6 Å². The zero-order chi connectivity index (χ0) is 16.9. The van der Waals surface area contributed by atoms with E-state index in [-0.39, 0.29) is 6.10 Å². The molecule has 4 rings (SSSR count). The molecule has 2 aromatic rings. The molecular weight excluding hydrogens is 318 g/mol. The molecule has 25 heavy (non-hydrogen) atoms. The number of hydrogen-bond acceptors (Lipinski definition) is 7.